The highest BCUT2D eigenvalue weighted by molar-refractivity contribution is 7.25. The standard InChI is InChI=1S/C43H27N3OS/c1-43(2)31-17-10-15-29-37-28-13-5-8-20-36(28)48-42(37)46(39(29)31)34-22-21-24(23-32(34)43)41-44-33-18-6-3-12-27(33)38(45-41)30-16-9-14-26-25-11-4-7-19-35(25)47-40(26)30/h3-23H,1-2H3. The quantitative estimate of drug-likeness (QED) is 0.190. The molecule has 0 aliphatic carbocycles. The summed E-state index contributed by atoms with van der Waals surface area (Å²) in [5.41, 5.74) is 10.4. The van der Waals surface area contributed by atoms with Crippen LogP contribution in [0.3, 0.4) is 0 Å². The lowest BCUT2D eigenvalue weighted by atomic mass is 9.74. The molecule has 1 aliphatic heterocycles. The van der Waals surface area contributed by atoms with Gasteiger partial charge in [0.1, 0.15) is 16.0 Å². The summed E-state index contributed by atoms with van der Waals surface area (Å²) < 4.78 is 10.3. The molecule has 0 fully saturated rings. The summed E-state index contributed by atoms with van der Waals surface area (Å²) in [6.07, 6.45) is 0. The number of furan rings is 1. The Morgan fingerprint density at radius 3 is 2.31 bits per heavy atom. The highest BCUT2D eigenvalue weighted by atomic mass is 32.1. The molecular weight excluding hydrogens is 607 g/mol. The van der Waals surface area contributed by atoms with Crippen LogP contribution < -0.4 is 0 Å². The van der Waals surface area contributed by atoms with Gasteiger partial charge in [0.15, 0.2) is 5.82 Å². The molecule has 0 radical (unpaired) electrons. The van der Waals surface area contributed by atoms with Crippen LogP contribution in [0.1, 0.15) is 25.0 Å². The summed E-state index contributed by atoms with van der Waals surface area (Å²) in [7, 11) is 0. The first-order valence-corrected chi connectivity index (χ1v) is 17.2. The second kappa shape index (κ2) is 9.18. The van der Waals surface area contributed by atoms with Gasteiger partial charge in [0.05, 0.1) is 22.4 Å². The van der Waals surface area contributed by atoms with E-state index in [2.05, 4.69) is 128 Å². The Kier molecular flexibility index (Phi) is 5.03. The van der Waals surface area contributed by atoms with Crippen molar-refractivity contribution in [2.24, 2.45) is 0 Å². The summed E-state index contributed by atoms with van der Waals surface area (Å²) in [4.78, 5) is 11.8. The van der Waals surface area contributed by atoms with Gasteiger partial charge in [-0.3, -0.25) is 0 Å². The van der Waals surface area contributed by atoms with E-state index in [1.807, 2.05) is 29.5 Å². The lowest BCUT2D eigenvalue weighted by Gasteiger charge is -2.35. The Hall–Kier alpha value is -5.78. The normalized spacial score (nSPS) is 13.8. The van der Waals surface area contributed by atoms with Gasteiger partial charge in [0.2, 0.25) is 0 Å². The van der Waals surface area contributed by atoms with Crippen LogP contribution in [0.5, 0.6) is 0 Å². The monoisotopic (exact) mass is 633 g/mol. The van der Waals surface area contributed by atoms with Crippen molar-refractivity contribution in [3.05, 3.63) is 139 Å². The Morgan fingerprint density at radius 2 is 1.40 bits per heavy atom. The maximum absolute atomic E-state index is 6.48. The molecule has 0 atom stereocenters. The molecule has 10 aromatic rings. The fourth-order valence-electron chi connectivity index (χ4n) is 8.13. The van der Waals surface area contributed by atoms with E-state index in [4.69, 9.17) is 14.4 Å². The van der Waals surface area contributed by atoms with Gasteiger partial charge in [-0.05, 0) is 53.6 Å². The van der Waals surface area contributed by atoms with Crippen LogP contribution in [0, 0.1) is 0 Å². The topological polar surface area (TPSA) is 43.9 Å². The number of hydrogen-bond acceptors (Lipinski definition) is 4. The summed E-state index contributed by atoms with van der Waals surface area (Å²) >= 11 is 1.88. The molecule has 0 spiro atoms. The molecule has 48 heavy (non-hydrogen) atoms. The molecule has 0 saturated heterocycles. The van der Waals surface area contributed by atoms with Gasteiger partial charge in [-0.15, -0.1) is 11.3 Å². The number of benzene rings is 6. The van der Waals surface area contributed by atoms with Crippen molar-refractivity contribution in [1.82, 2.24) is 14.5 Å². The van der Waals surface area contributed by atoms with Gasteiger partial charge in [-0.25, -0.2) is 9.97 Å². The van der Waals surface area contributed by atoms with Crippen molar-refractivity contribution in [2.75, 3.05) is 0 Å². The highest BCUT2D eigenvalue weighted by Crippen LogP contribution is 2.51. The lowest BCUT2D eigenvalue weighted by molar-refractivity contribution is 0.630. The summed E-state index contributed by atoms with van der Waals surface area (Å²) in [6, 6.07) is 45.3. The zero-order valence-electron chi connectivity index (χ0n) is 26.3. The van der Waals surface area contributed by atoms with E-state index in [-0.39, 0.29) is 5.41 Å². The molecule has 1 aliphatic rings. The van der Waals surface area contributed by atoms with E-state index in [9.17, 15) is 0 Å². The predicted octanol–water partition coefficient (Wildman–Crippen LogP) is 11.8. The number of aromatic nitrogens is 3. The van der Waals surface area contributed by atoms with Gasteiger partial charge in [0.25, 0.3) is 0 Å². The van der Waals surface area contributed by atoms with Crippen molar-refractivity contribution in [2.45, 2.75) is 19.3 Å². The summed E-state index contributed by atoms with van der Waals surface area (Å²) in [6.45, 7) is 4.70. The van der Waals surface area contributed by atoms with Crippen molar-refractivity contribution in [3.8, 4) is 28.3 Å². The summed E-state index contributed by atoms with van der Waals surface area (Å²) in [5.74, 6) is 0.707. The summed E-state index contributed by atoms with van der Waals surface area (Å²) in [5, 5.41) is 7.20. The molecule has 5 heteroatoms. The maximum atomic E-state index is 6.48. The second-order valence-electron chi connectivity index (χ2n) is 13.4. The molecule has 0 amide bonds. The van der Waals surface area contributed by atoms with Crippen molar-refractivity contribution in [1.29, 1.82) is 0 Å². The van der Waals surface area contributed by atoms with Crippen LogP contribution in [0.2, 0.25) is 0 Å². The fourth-order valence-corrected chi connectivity index (χ4v) is 9.37. The third kappa shape index (κ3) is 3.33. The zero-order valence-corrected chi connectivity index (χ0v) is 27.1. The minimum absolute atomic E-state index is 0.226. The first kappa shape index (κ1) is 26.3. The minimum Gasteiger partial charge on any atom is -0.455 e. The van der Waals surface area contributed by atoms with Gasteiger partial charge in [-0.1, -0.05) is 98.8 Å². The molecule has 11 rings (SSSR count). The number of fused-ring (bicyclic) bond motifs is 11. The number of para-hydroxylation sites is 4. The molecule has 0 bridgehead atoms. The van der Waals surface area contributed by atoms with Crippen molar-refractivity contribution >= 4 is 75.4 Å². The Balaban J connectivity index is 1.17. The highest BCUT2D eigenvalue weighted by Gasteiger charge is 2.36. The van der Waals surface area contributed by atoms with Crippen LogP contribution in [0.4, 0.5) is 0 Å². The molecule has 6 aromatic carbocycles. The van der Waals surface area contributed by atoms with Crippen LogP contribution in [0.25, 0.3) is 92.4 Å². The van der Waals surface area contributed by atoms with Gasteiger partial charge in [-0.2, -0.15) is 0 Å². The molecule has 4 nitrogen and oxygen atoms in total. The van der Waals surface area contributed by atoms with Gasteiger partial charge < -0.3 is 8.98 Å². The molecule has 226 valence electrons. The average molecular weight is 634 g/mol. The van der Waals surface area contributed by atoms with Crippen LogP contribution >= 0.6 is 11.3 Å². The van der Waals surface area contributed by atoms with Crippen LogP contribution in [0.15, 0.2) is 132 Å². The van der Waals surface area contributed by atoms with Gasteiger partial charge in [0, 0.05) is 53.6 Å². The number of hydrogen-bond donors (Lipinski definition) is 0. The fraction of sp³-hybridized carbons (Fsp3) is 0.0698. The van der Waals surface area contributed by atoms with E-state index in [0.717, 1.165) is 49.7 Å². The second-order valence-corrected chi connectivity index (χ2v) is 14.4. The van der Waals surface area contributed by atoms with Crippen LogP contribution in [-0.2, 0) is 5.41 Å². The van der Waals surface area contributed by atoms with Crippen molar-refractivity contribution in [3.63, 3.8) is 0 Å². The lowest BCUT2D eigenvalue weighted by Crippen LogP contribution is -2.26. The molecule has 0 N–H and O–H groups in total. The van der Waals surface area contributed by atoms with Gasteiger partial charge >= 0.3 is 0 Å². The number of rotatable bonds is 2. The average Bonchev–Trinajstić information content (AvgIpc) is 3.79. The smallest absolute Gasteiger partial charge is 0.160 e. The largest absolute Gasteiger partial charge is 0.455 e. The molecule has 0 saturated carbocycles. The Morgan fingerprint density at radius 1 is 0.646 bits per heavy atom. The van der Waals surface area contributed by atoms with Crippen LogP contribution in [-0.4, -0.2) is 14.5 Å². The minimum atomic E-state index is -0.226. The first-order valence-electron chi connectivity index (χ1n) is 16.3. The molecule has 4 aromatic heterocycles. The van der Waals surface area contributed by atoms with E-state index >= 15 is 0 Å². The maximum Gasteiger partial charge on any atom is 0.160 e. The zero-order chi connectivity index (χ0) is 31.7. The van der Waals surface area contributed by atoms with E-state index < -0.39 is 0 Å². The Labute approximate surface area is 279 Å². The Bertz CT molecular complexity index is 2990. The predicted molar refractivity (Wildman–Crippen MR) is 200 cm³/mol. The molecular formula is C43H27N3OS. The first-order chi connectivity index (χ1) is 23.6. The molecule has 0 unspecified atom stereocenters. The number of thiophene rings is 1. The molecule has 5 heterocycles. The van der Waals surface area contributed by atoms with Crippen molar-refractivity contribution < 1.29 is 4.42 Å². The van der Waals surface area contributed by atoms with E-state index in [0.29, 0.717) is 5.82 Å². The third-order valence-electron chi connectivity index (χ3n) is 10.4. The number of nitrogens with zero attached hydrogens (tertiary/aromatic N) is 3. The van der Waals surface area contributed by atoms with E-state index in [1.165, 1.54) is 48.0 Å². The van der Waals surface area contributed by atoms with E-state index in [1.54, 1.807) is 0 Å². The third-order valence-corrected chi connectivity index (χ3v) is 11.6. The SMILES string of the molecule is CC1(C)c2cc(-c3nc(-c4cccc5c4oc4ccccc45)c4ccccc4n3)ccc2-n2c3sc4ccccc4c3c3cccc1c32.